The highest BCUT2D eigenvalue weighted by atomic mass is 16.5. The summed E-state index contributed by atoms with van der Waals surface area (Å²) in [6.07, 6.45) is -0.0675. The number of para-hydroxylation sites is 2. The highest BCUT2D eigenvalue weighted by molar-refractivity contribution is 5.88. The maximum absolute atomic E-state index is 11.2. The molecule has 1 heterocycles. The Morgan fingerprint density at radius 1 is 1.16 bits per heavy atom. The number of hydrogen-bond donors (Lipinski definition) is 2. The summed E-state index contributed by atoms with van der Waals surface area (Å²) in [6, 6.07) is 23.0. The van der Waals surface area contributed by atoms with Crippen molar-refractivity contribution in [2.24, 2.45) is 0 Å². The van der Waals surface area contributed by atoms with Crippen LogP contribution in [-0.2, 0) is 0 Å². The Hall–Kier alpha value is -3.51. The summed E-state index contributed by atoms with van der Waals surface area (Å²) in [5.41, 5.74) is 3.33. The Balaban J connectivity index is 1.50. The predicted octanol–water partition coefficient (Wildman–Crippen LogP) is 4.64. The van der Waals surface area contributed by atoms with Gasteiger partial charge in [0.2, 0.25) is 0 Å². The van der Waals surface area contributed by atoms with Gasteiger partial charge in [-0.15, -0.1) is 0 Å². The summed E-state index contributed by atoms with van der Waals surface area (Å²) in [4.78, 5) is 13.4. The van der Waals surface area contributed by atoms with E-state index in [-0.39, 0.29) is 17.7 Å². The van der Waals surface area contributed by atoms with Crippen molar-refractivity contribution in [3.05, 3.63) is 83.9 Å². The van der Waals surface area contributed by atoms with Crippen molar-refractivity contribution in [2.45, 2.75) is 19.1 Å². The molecule has 4 rings (SSSR count). The largest absolute Gasteiger partial charge is 0.497 e. The van der Waals surface area contributed by atoms with Gasteiger partial charge in [0, 0.05) is 18.3 Å². The Bertz CT molecular complexity index is 1050. The lowest BCUT2D eigenvalue weighted by atomic mass is 10.1. The van der Waals surface area contributed by atoms with Gasteiger partial charge in [0.15, 0.2) is 0 Å². The molecule has 2 atom stereocenters. The van der Waals surface area contributed by atoms with Crippen molar-refractivity contribution in [1.29, 1.82) is 0 Å². The quantitative estimate of drug-likeness (QED) is 0.582. The van der Waals surface area contributed by atoms with E-state index in [9.17, 15) is 9.90 Å². The van der Waals surface area contributed by atoms with Gasteiger partial charge in [-0.1, -0.05) is 24.3 Å². The van der Waals surface area contributed by atoms with Crippen LogP contribution in [0, 0.1) is 0 Å². The summed E-state index contributed by atoms with van der Waals surface area (Å²) in [6.45, 7) is 3.44. The molecule has 0 amide bonds. The van der Waals surface area contributed by atoms with Crippen molar-refractivity contribution in [3.63, 3.8) is 0 Å². The number of ether oxygens (including phenoxy) is 2. The minimum atomic E-state index is -0.928. The number of carboxylic acids is 1. The molecule has 0 aliphatic carbocycles. The van der Waals surface area contributed by atoms with Gasteiger partial charge in [-0.05, 0) is 61.0 Å². The lowest BCUT2D eigenvalue weighted by Gasteiger charge is -2.37. The maximum atomic E-state index is 11.2. The van der Waals surface area contributed by atoms with Crippen LogP contribution in [0.5, 0.6) is 11.5 Å². The summed E-state index contributed by atoms with van der Waals surface area (Å²) in [7, 11) is 1.67. The van der Waals surface area contributed by atoms with Crippen LogP contribution in [0.2, 0.25) is 0 Å². The van der Waals surface area contributed by atoms with Crippen molar-refractivity contribution in [3.8, 4) is 11.5 Å². The number of rotatable bonds is 7. The van der Waals surface area contributed by atoms with Crippen molar-refractivity contribution < 1.29 is 19.4 Å². The molecule has 31 heavy (non-hydrogen) atoms. The third-order valence-electron chi connectivity index (χ3n) is 5.51. The van der Waals surface area contributed by atoms with Gasteiger partial charge in [-0.2, -0.15) is 0 Å². The molecule has 1 unspecified atom stereocenters. The smallest absolute Gasteiger partial charge is 0.335 e. The third-order valence-corrected chi connectivity index (χ3v) is 5.51. The topological polar surface area (TPSA) is 71.0 Å². The first kappa shape index (κ1) is 20.8. The van der Waals surface area contributed by atoms with E-state index >= 15 is 0 Å². The van der Waals surface area contributed by atoms with Crippen molar-refractivity contribution in [2.75, 3.05) is 25.1 Å². The molecule has 0 bridgehead atoms. The number of carbonyl (C=O) groups is 1. The van der Waals surface area contributed by atoms with Crippen molar-refractivity contribution in [1.82, 2.24) is 5.32 Å². The summed E-state index contributed by atoms with van der Waals surface area (Å²) < 4.78 is 11.6. The van der Waals surface area contributed by atoms with Gasteiger partial charge < -0.3 is 24.8 Å². The first-order chi connectivity index (χ1) is 15.0. The van der Waals surface area contributed by atoms with Gasteiger partial charge in [0.1, 0.15) is 17.6 Å². The minimum Gasteiger partial charge on any atom is -0.497 e. The molecular formula is C25H26N2O4. The van der Waals surface area contributed by atoms with Crippen molar-refractivity contribution >= 4 is 17.3 Å². The fourth-order valence-electron chi connectivity index (χ4n) is 3.77. The molecule has 0 spiro atoms. The van der Waals surface area contributed by atoms with Gasteiger partial charge >= 0.3 is 5.97 Å². The molecule has 1 aliphatic heterocycles. The number of methoxy groups -OCH3 is 1. The number of nitrogens with zero attached hydrogens (tertiary/aromatic N) is 1. The Morgan fingerprint density at radius 2 is 1.94 bits per heavy atom. The van der Waals surface area contributed by atoms with E-state index < -0.39 is 5.97 Å². The van der Waals surface area contributed by atoms with Crippen LogP contribution < -0.4 is 19.7 Å². The first-order valence-corrected chi connectivity index (χ1v) is 10.3. The SMILES string of the molecule is COc1cccc([C@@H](C)NCC2CN(c3ccc(C(=O)O)cc3)c3ccccc3O2)c1. The molecule has 6 nitrogen and oxygen atoms in total. The van der Waals surface area contributed by atoms with Gasteiger partial charge in [0.05, 0.1) is 24.9 Å². The van der Waals surface area contributed by atoms with Crippen LogP contribution in [0.3, 0.4) is 0 Å². The molecule has 3 aromatic carbocycles. The number of carboxylic acid groups (broad SMARTS) is 1. The molecule has 160 valence electrons. The standard InChI is InChI=1S/C25H26N2O4/c1-17(19-6-5-7-21(14-19)30-2)26-15-22-16-27(23-8-3-4-9-24(23)31-22)20-12-10-18(11-13-20)25(28)29/h3-14,17,22,26H,15-16H2,1-2H3,(H,28,29)/t17-,22?/m1/s1. The Morgan fingerprint density at radius 3 is 2.68 bits per heavy atom. The maximum Gasteiger partial charge on any atom is 0.335 e. The van der Waals surface area contributed by atoms with E-state index in [1.807, 2.05) is 54.6 Å². The normalized spacial score (nSPS) is 16.2. The van der Waals surface area contributed by atoms with Crippen LogP contribution in [0.4, 0.5) is 11.4 Å². The van der Waals surface area contributed by atoms with Crippen LogP contribution in [0.25, 0.3) is 0 Å². The lowest BCUT2D eigenvalue weighted by molar-refractivity contribution is 0.0697. The van der Waals surface area contributed by atoms with E-state index in [0.717, 1.165) is 28.4 Å². The fourth-order valence-corrected chi connectivity index (χ4v) is 3.77. The van der Waals surface area contributed by atoms with E-state index in [4.69, 9.17) is 9.47 Å². The van der Waals surface area contributed by atoms with Gasteiger partial charge in [0.25, 0.3) is 0 Å². The van der Waals surface area contributed by atoms with Gasteiger partial charge in [-0.25, -0.2) is 4.79 Å². The summed E-state index contributed by atoms with van der Waals surface area (Å²) in [5, 5.41) is 12.7. The molecule has 0 saturated carbocycles. The number of aromatic carboxylic acids is 1. The molecular weight excluding hydrogens is 392 g/mol. The second-order valence-electron chi connectivity index (χ2n) is 7.58. The molecule has 3 aromatic rings. The zero-order chi connectivity index (χ0) is 21.8. The van der Waals surface area contributed by atoms with E-state index in [2.05, 4.69) is 23.2 Å². The number of anilines is 2. The van der Waals surface area contributed by atoms with Gasteiger partial charge in [-0.3, -0.25) is 0 Å². The second-order valence-corrected chi connectivity index (χ2v) is 7.58. The number of nitrogens with one attached hydrogen (secondary N) is 1. The van der Waals surface area contributed by atoms with Crippen LogP contribution >= 0.6 is 0 Å². The Labute approximate surface area is 182 Å². The molecule has 1 aliphatic rings. The highest BCUT2D eigenvalue weighted by Crippen LogP contribution is 2.38. The first-order valence-electron chi connectivity index (χ1n) is 10.3. The molecule has 0 saturated heterocycles. The van der Waals surface area contributed by atoms with E-state index in [1.54, 1.807) is 19.2 Å². The average Bonchev–Trinajstić information content (AvgIpc) is 2.82. The molecule has 2 N–H and O–H groups in total. The van der Waals surface area contributed by atoms with Crippen LogP contribution in [-0.4, -0.2) is 37.4 Å². The van der Waals surface area contributed by atoms with E-state index in [1.165, 1.54) is 0 Å². The number of fused-ring (bicyclic) bond motifs is 1. The highest BCUT2D eigenvalue weighted by Gasteiger charge is 2.27. The predicted molar refractivity (Wildman–Crippen MR) is 121 cm³/mol. The Kier molecular flexibility index (Phi) is 6.09. The minimum absolute atomic E-state index is 0.0675. The van der Waals surface area contributed by atoms with Crippen LogP contribution in [0.15, 0.2) is 72.8 Å². The molecule has 0 fully saturated rings. The third kappa shape index (κ3) is 4.64. The zero-order valence-electron chi connectivity index (χ0n) is 17.6. The number of hydrogen-bond acceptors (Lipinski definition) is 5. The molecule has 0 radical (unpaired) electrons. The summed E-state index contributed by atoms with van der Waals surface area (Å²) in [5.74, 6) is 0.726. The molecule has 0 aromatic heterocycles. The number of benzene rings is 3. The van der Waals surface area contributed by atoms with Crippen LogP contribution in [0.1, 0.15) is 28.9 Å². The second kappa shape index (κ2) is 9.10. The monoisotopic (exact) mass is 418 g/mol. The lowest BCUT2D eigenvalue weighted by Crippen LogP contribution is -2.43. The summed E-state index contributed by atoms with van der Waals surface area (Å²) >= 11 is 0. The fraction of sp³-hybridized carbons (Fsp3) is 0.240. The van der Waals surface area contributed by atoms with E-state index in [0.29, 0.717) is 13.1 Å². The zero-order valence-corrected chi connectivity index (χ0v) is 17.6. The average molecular weight is 418 g/mol. The molecule has 6 heteroatoms.